The highest BCUT2D eigenvalue weighted by molar-refractivity contribution is 7.22. The number of hydrogen-bond acceptors (Lipinski definition) is 5. The molecule has 41 heavy (non-hydrogen) atoms. The quantitative estimate of drug-likeness (QED) is 0.155. The van der Waals surface area contributed by atoms with Gasteiger partial charge in [-0.1, -0.05) is 59.4 Å². The summed E-state index contributed by atoms with van der Waals surface area (Å²) in [6.45, 7) is 2.23. The van der Waals surface area contributed by atoms with Crippen LogP contribution in [0.2, 0.25) is 5.02 Å². The second kappa shape index (κ2) is 12.6. The summed E-state index contributed by atoms with van der Waals surface area (Å²) >= 11 is 7.60. The number of fused-ring (bicyclic) bond motifs is 1. The normalized spacial score (nSPS) is 17.1. The third-order valence-corrected chi connectivity index (χ3v) is 8.26. The summed E-state index contributed by atoms with van der Waals surface area (Å²) in [7, 11) is 0. The molecule has 11 heteroatoms. The van der Waals surface area contributed by atoms with E-state index in [-0.39, 0.29) is 18.5 Å². The lowest BCUT2D eigenvalue weighted by Gasteiger charge is -2.25. The molecule has 0 bridgehead atoms. The number of anilines is 2. The number of aryl methyl sites for hydroxylation is 1. The summed E-state index contributed by atoms with van der Waals surface area (Å²) < 4.78 is 0.900. The van der Waals surface area contributed by atoms with Gasteiger partial charge >= 0.3 is 6.03 Å². The first-order chi connectivity index (χ1) is 19.8. The van der Waals surface area contributed by atoms with Gasteiger partial charge in [0.2, 0.25) is 5.96 Å². The average Bonchev–Trinajstić information content (AvgIpc) is 3.39. The first-order valence-electron chi connectivity index (χ1n) is 13.4. The Kier molecular flexibility index (Phi) is 8.70. The zero-order valence-corrected chi connectivity index (χ0v) is 24.1. The molecule has 2 aromatic carbocycles. The van der Waals surface area contributed by atoms with E-state index in [1.807, 2.05) is 43.3 Å². The standard InChI is InChI=1S/C30H30ClN7O2S/c1-18-15-23(31)16-25-26(18)34-29(41-25)36-30(40)38(24-13-11-21(12-14-24)20-5-3-2-4-6-20)17-19-7-9-22(10-8-19)27(39)35-28(32)37-33/h5,7-9,11-16,22,33H,2-4,6,10,17H2,1H3,(H2,32,35,39)(H,34,36,40). The maximum absolute atomic E-state index is 13.7. The van der Waals surface area contributed by atoms with Crippen LogP contribution in [-0.4, -0.2) is 29.4 Å². The number of amides is 3. The second-order valence-electron chi connectivity index (χ2n) is 10.0. The molecule has 0 fully saturated rings. The van der Waals surface area contributed by atoms with Crippen LogP contribution in [0.25, 0.3) is 15.8 Å². The van der Waals surface area contributed by atoms with Gasteiger partial charge in [-0.25, -0.2) is 15.3 Å². The van der Waals surface area contributed by atoms with Gasteiger partial charge in [-0.15, -0.1) is 5.11 Å². The molecule has 0 spiro atoms. The van der Waals surface area contributed by atoms with Gasteiger partial charge in [0.25, 0.3) is 5.91 Å². The fourth-order valence-corrected chi connectivity index (χ4v) is 6.28. The number of urea groups is 1. The van der Waals surface area contributed by atoms with Crippen LogP contribution in [0.5, 0.6) is 0 Å². The zero-order valence-electron chi connectivity index (χ0n) is 22.6. The van der Waals surface area contributed by atoms with E-state index >= 15 is 0 Å². The van der Waals surface area contributed by atoms with Crippen molar-refractivity contribution < 1.29 is 9.59 Å². The SMILES string of the molecule is Cc1cc(Cl)cc2sc(NC(=O)N(CC3=CCC(C(=O)N=C(N)N=N)C=C3)c3ccc(C4=CCCCC4)cc3)nc12. The van der Waals surface area contributed by atoms with Crippen molar-refractivity contribution in [1.29, 1.82) is 5.53 Å². The van der Waals surface area contributed by atoms with Crippen LogP contribution in [0.4, 0.5) is 15.6 Å². The maximum atomic E-state index is 13.7. The number of hydrogen-bond donors (Lipinski definition) is 3. The lowest BCUT2D eigenvalue weighted by atomic mass is 9.93. The fourth-order valence-electron chi connectivity index (χ4n) is 4.97. The van der Waals surface area contributed by atoms with Crippen molar-refractivity contribution >= 4 is 67.4 Å². The molecule has 2 aliphatic carbocycles. The number of carbonyl (C=O) groups is 2. The van der Waals surface area contributed by atoms with Crippen LogP contribution in [-0.2, 0) is 4.79 Å². The molecular formula is C30H30ClN7O2S. The van der Waals surface area contributed by atoms with Crippen molar-refractivity contribution in [3.8, 4) is 0 Å². The highest BCUT2D eigenvalue weighted by Gasteiger charge is 2.22. The van der Waals surface area contributed by atoms with Crippen molar-refractivity contribution in [3.05, 3.63) is 82.4 Å². The zero-order chi connectivity index (χ0) is 28.9. The van der Waals surface area contributed by atoms with E-state index in [2.05, 4.69) is 38.6 Å². The molecule has 1 atom stereocenters. The first-order valence-corrected chi connectivity index (χ1v) is 14.6. The van der Waals surface area contributed by atoms with Gasteiger partial charge in [-0.05, 0) is 85.6 Å². The minimum Gasteiger partial charge on any atom is -0.366 e. The number of nitrogens with zero attached hydrogens (tertiary/aromatic N) is 4. The Balaban J connectivity index is 1.38. The van der Waals surface area contributed by atoms with Crippen molar-refractivity contribution in [3.63, 3.8) is 0 Å². The number of aromatic nitrogens is 1. The van der Waals surface area contributed by atoms with Crippen LogP contribution in [0, 0.1) is 18.4 Å². The van der Waals surface area contributed by atoms with E-state index in [1.54, 1.807) is 11.0 Å². The number of benzene rings is 2. The first kappa shape index (κ1) is 28.4. The number of allylic oxidation sites excluding steroid dienone is 3. The lowest BCUT2D eigenvalue weighted by molar-refractivity contribution is -0.120. The smallest absolute Gasteiger partial charge is 0.328 e. The number of aliphatic imine (C=N–C) groups is 1. The third kappa shape index (κ3) is 6.78. The predicted molar refractivity (Wildman–Crippen MR) is 166 cm³/mol. The van der Waals surface area contributed by atoms with E-state index in [0.29, 0.717) is 16.6 Å². The van der Waals surface area contributed by atoms with Gasteiger partial charge in [0.05, 0.1) is 22.7 Å². The largest absolute Gasteiger partial charge is 0.366 e. The van der Waals surface area contributed by atoms with Gasteiger partial charge in [0, 0.05) is 10.7 Å². The molecule has 4 N–H and O–H groups in total. The molecule has 0 radical (unpaired) electrons. The maximum Gasteiger partial charge on any atom is 0.328 e. The van der Waals surface area contributed by atoms with Crippen molar-refractivity contribution in [1.82, 2.24) is 4.98 Å². The summed E-state index contributed by atoms with van der Waals surface area (Å²) in [6, 6.07) is 11.4. The molecule has 0 saturated carbocycles. The molecule has 0 aliphatic heterocycles. The highest BCUT2D eigenvalue weighted by Crippen LogP contribution is 2.32. The molecular weight excluding hydrogens is 558 g/mol. The predicted octanol–water partition coefficient (Wildman–Crippen LogP) is 7.63. The topological polar surface area (TPSA) is 137 Å². The van der Waals surface area contributed by atoms with Crippen LogP contribution < -0.4 is 16.0 Å². The molecule has 1 unspecified atom stereocenters. The number of rotatable bonds is 6. The molecule has 210 valence electrons. The van der Waals surface area contributed by atoms with E-state index in [1.165, 1.54) is 35.3 Å². The number of thiazole rings is 1. The summed E-state index contributed by atoms with van der Waals surface area (Å²) in [5, 5.41) is 7.06. The Hall–Kier alpha value is -4.15. The van der Waals surface area contributed by atoms with Crippen LogP contribution in [0.3, 0.4) is 0 Å². The molecule has 3 amide bonds. The molecule has 3 aromatic rings. The third-order valence-electron chi connectivity index (χ3n) is 7.12. The Morgan fingerprint density at radius 3 is 2.71 bits per heavy atom. The summed E-state index contributed by atoms with van der Waals surface area (Å²) in [5.41, 5.74) is 18.2. The van der Waals surface area contributed by atoms with E-state index in [4.69, 9.17) is 22.9 Å². The van der Waals surface area contributed by atoms with Crippen LogP contribution in [0.15, 0.2) is 76.4 Å². The summed E-state index contributed by atoms with van der Waals surface area (Å²) in [6.07, 6.45) is 12.8. The highest BCUT2D eigenvalue weighted by atomic mass is 35.5. The van der Waals surface area contributed by atoms with Gasteiger partial charge < -0.3 is 5.73 Å². The van der Waals surface area contributed by atoms with Gasteiger partial charge in [-0.3, -0.25) is 15.0 Å². The second-order valence-corrected chi connectivity index (χ2v) is 11.5. The van der Waals surface area contributed by atoms with Crippen molar-refractivity contribution in [2.75, 3.05) is 16.8 Å². The van der Waals surface area contributed by atoms with Gasteiger partial charge in [0.1, 0.15) is 0 Å². The van der Waals surface area contributed by atoms with Crippen LogP contribution >= 0.6 is 22.9 Å². The Labute approximate surface area is 247 Å². The Morgan fingerprint density at radius 2 is 2.02 bits per heavy atom. The van der Waals surface area contributed by atoms with E-state index in [0.717, 1.165) is 39.9 Å². The van der Waals surface area contributed by atoms with E-state index in [9.17, 15) is 9.59 Å². The molecule has 1 heterocycles. The molecule has 0 saturated heterocycles. The summed E-state index contributed by atoms with van der Waals surface area (Å²) in [5.74, 6) is -1.33. The fraction of sp³-hybridized carbons (Fsp3) is 0.267. The number of carbonyl (C=O) groups excluding carboxylic acids is 2. The average molecular weight is 588 g/mol. The molecule has 9 nitrogen and oxygen atoms in total. The number of nitrogens with one attached hydrogen (secondary N) is 2. The minimum atomic E-state index is -0.498. The summed E-state index contributed by atoms with van der Waals surface area (Å²) in [4.78, 5) is 36.0. The van der Waals surface area contributed by atoms with E-state index < -0.39 is 11.8 Å². The molecule has 2 aliphatic rings. The monoisotopic (exact) mass is 587 g/mol. The van der Waals surface area contributed by atoms with Crippen LogP contribution in [0.1, 0.15) is 43.2 Å². The van der Waals surface area contributed by atoms with Gasteiger partial charge in [0.15, 0.2) is 5.13 Å². The molecule has 5 rings (SSSR count). The lowest BCUT2D eigenvalue weighted by Crippen LogP contribution is -2.36. The van der Waals surface area contributed by atoms with Gasteiger partial charge in [-0.2, -0.15) is 4.99 Å². The van der Waals surface area contributed by atoms with Crippen molar-refractivity contribution in [2.24, 2.45) is 21.8 Å². The molecule has 1 aromatic heterocycles. The number of halogens is 1. The number of guanidine groups is 1. The van der Waals surface area contributed by atoms with Crippen molar-refractivity contribution in [2.45, 2.75) is 39.0 Å². The Morgan fingerprint density at radius 1 is 1.22 bits per heavy atom. The number of nitrogens with two attached hydrogens (primary N) is 1. The Bertz CT molecular complexity index is 1620. The minimum absolute atomic E-state index is 0.286.